The molecule has 0 radical (unpaired) electrons. The van der Waals surface area contributed by atoms with Crippen molar-refractivity contribution in [2.45, 2.75) is 0 Å². The van der Waals surface area contributed by atoms with Crippen LogP contribution in [0.5, 0.6) is 0 Å². The highest BCUT2D eigenvalue weighted by atomic mass is 19.1. The van der Waals surface area contributed by atoms with Gasteiger partial charge in [0.2, 0.25) is 0 Å². The number of carbonyl (C=O) groups is 2. The van der Waals surface area contributed by atoms with Crippen LogP contribution in [0.2, 0.25) is 0 Å². The third-order valence-electron chi connectivity index (χ3n) is 2.13. The Morgan fingerprint density at radius 2 is 1.89 bits per heavy atom. The standard InChI is InChI=1S/C11H12F2N2O3/c1-15(2)10(16)5-18-11(17)6-3-8(13)9(14)4-7(6)12/h3-4H,5,14H2,1-2H3. The highest BCUT2D eigenvalue weighted by Crippen LogP contribution is 2.17. The second-order valence-electron chi connectivity index (χ2n) is 3.72. The zero-order valence-corrected chi connectivity index (χ0v) is 9.87. The van der Waals surface area contributed by atoms with Gasteiger partial charge in [-0.3, -0.25) is 4.79 Å². The van der Waals surface area contributed by atoms with Gasteiger partial charge >= 0.3 is 5.97 Å². The number of hydrogen-bond acceptors (Lipinski definition) is 4. The predicted molar refractivity (Wildman–Crippen MR) is 59.7 cm³/mol. The first-order chi connectivity index (χ1) is 8.32. The Balaban J connectivity index is 2.79. The van der Waals surface area contributed by atoms with Gasteiger partial charge in [-0.05, 0) is 6.07 Å². The summed E-state index contributed by atoms with van der Waals surface area (Å²) in [5.74, 6) is -3.53. The fourth-order valence-corrected chi connectivity index (χ4v) is 1.05. The molecule has 0 saturated heterocycles. The van der Waals surface area contributed by atoms with Gasteiger partial charge in [0.1, 0.15) is 11.6 Å². The predicted octanol–water partition coefficient (Wildman–Crippen LogP) is 0.792. The first kappa shape index (κ1) is 13.9. The molecule has 0 spiro atoms. The van der Waals surface area contributed by atoms with Crippen molar-refractivity contribution in [3.05, 3.63) is 29.3 Å². The molecule has 1 aromatic rings. The topological polar surface area (TPSA) is 72.6 Å². The summed E-state index contributed by atoms with van der Waals surface area (Å²) in [4.78, 5) is 23.8. The average molecular weight is 258 g/mol. The maximum Gasteiger partial charge on any atom is 0.341 e. The number of anilines is 1. The molecular formula is C11H12F2N2O3. The highest BCUT2D eigenvalue weighted by Gasteiger charge is 2.17. The summed E-state index contributed by atoms with van der Waals surface area (Å²) in [6.45, 7) is -0.544. The molecule has 0 saturated carbocycles. The first-order valence-corrected chi connectivity index (χ1v) is 4.94. The van der Waals surface area contributed by atoms with Gasteiger partial charge in [0.25, 0.3) is 5.91 Å². The number of esters is 1. The summed E-state index contributed by atoms with van der Waals surface area (Å²) in [5, 5.41) is 0. The summed E-state index contributed by atoms with van der Waals surface area (Å²) in [5.41, 5.74) is 4.11. The number of nitrogens with two attached hydrogens (primary N) is 1. The lowest BCUT2D eigenvalue weighted by Gasteiger charge is -2.10. The van der Waals surface area contributed by atoms with E-state index >= 15 is 0 Å². The largest absolute Gasteiger partial charge is 0.452 e. The van der Waals surface area contributed by atoms with E-state index in [0.29, 0.717) is 12.1 Å². The number of ether oxygens (including phenoxy) is 1. The molecule has 0 unspecified atom stereocenters. The monoisotopic (exact) mass is 258 g/mol. The van der Waals surface area contributed by atoms with Crippen LogP contribution in [-0.2, 0) is 9.53 Å². The Bertz CT molecular complexity index is 489. The fraction of sp³-hybridized carbons (Fsp3) is 0.273. The number of amides is 1. The molecule has 5 nitrogen and oxygen atoms in total. The maximum absolute atomic E-state index is 13.3. The van der Waals surface area contributed by atoms with Gasteiger partial charge in [0.05, 0.1) is 11.3 Å². The SMILES string of the molecule is CN(C)C(=O)COC(=O)c1cc(F)c(N)cc1F. The minimum absolute atomic E-state index is 0.409. The van der Waals surface area contributed by atoms with Crippen molar-refractivity contribution < 1.29 is 23.1 Å². The molecule has 0 fully saturated rings. The van der Waals surface area contributed by atoms with Gasteiger partial charge in [0.15, 0.2) is 6.61 Å². The summed E-state index contributed by atoms with van der Waals surface area (Å²) < 4.78 is 30.9. The number of rotatable bonds is 3. The second-order valence-corrected chi connectivity index (χ2v) is 3.72. The normalized spacial score (nSPS) is 10.0. The molecule has 7 heteroatoms. The summed E-state index contributed by atoms with van der Waals surface area (Å²) in [7, 11) is 2.94. The quantitative estimate of drug-likeness (QED) is 0.642. The van der Waals surface area contributed by atoms with Crippen molar-refractivity contribution in [3.63, 3.8) is 0 Å². The van der Waals surface area contributed by atoms with Crippen LogP contribution in [0.25, 0.3) is 0 Å². The molecule has 0 aliphatic rings. The molecule has 1 amide bonds. The van der Waals surface area contributed by atoms with Crippen LogP contribution in [-0.4, -0.2) is 37.5 Å². The van der Waals surface area contributed by atoms with Gasteiger partial charge in [-0.25, -0.2) is 13.6 Å². The minimum Gasteiger partial charge on any atom is -0.452 e. The first-order valence-electron chi connectivity index (χ1n) is 4.94. The zero-order chi connectivity index (χ0) is 13.9. The van der Waals surface area contributed by atoms with Gasteiger partial charge in [-0.2, -0.15) is 0 Å². The molecular weight excluding hydrogens is 246 g/mol. The van der Waals surface area contributed by atoms with E-state index in [2.05, 4.69) is 4.74 Å². The van der Waals surface area contributed by atoms with Crippen molar-refractivity contribution in [1.82, 2.24) is 4.90 Å². The lowest BCUT2D eigenvalue weighted by Crippen LogP contribution is -2.27. The molecule has 0 aliphatic heterocycles. The molecule has 98 valence electrons. The Morgan fingerprint density at radius 3 is 2.44 bits per heavy atom. The molecule has 0 aliphatic carbocycles. The Labute approximate surface area is 102 Å². The molecule has 1 aromatic carbocycles. The summed E-state index contributed by atoms with van der Waals surface area (Å²) in [6, 6.07) is 1.31. The molecule has 0 heterocycles. The average Bonchev–Trinajstić information content (AvgIpc) is 2.30. The third kappa shape index (κ3) is 3.16. The van der Waals surface area contributed by atoms with Crippen LogP contribution in [0.15, 0.2) is 12.1 Å². The van der Waals surface area contributed by atoms with Gasteiger partial charge in [0, 0.05) is 20.2 Å². The van der Waals surface area contributed by atoms with Crippen molar-refractivity contribution in [2.75, 3.05) is 26.4 Å². The molecule has 0 atom stereocenters. The molecule has 0 aromatic heterocycles. The number of hydrogen-bond donors (Lipinski definition) is 1. The van der Waals surface area contributed by atoms with Crippen LogP contribution < -0.4 is 5.73 Å². The maximum atomic E-state index is 13.3. The fourth-order valence-electron chi connectivity index (χ4n) is 1.05. The number of carbonyl (C=O) groups excluding carboxylic acids is 2. The van der Waals surface area contributed by atoms with Gasteiger partial charge < -0.3 is 15.4 Å². The Morgan fingerprint density at radius 1 is 1.28 bits per heavy atom. The van der Waals surface area contributed by atoms with Crippen molar-refractivity contribution >= 4 is 17.6 Å². The van der Waals surface area contributed by atoms with E-state index in [1.807, 2.05) is 0 Å². The molecule has 18 heavy (non-hydrogen) atoms. The van der Waals surface area contributed by atoms with Crippen molar-refractivity contribution in [3.8, 4) is 0 Å². The van der Waals surface area contributed by atoms with Crippen LogP contribution in [0.4, 0.5) is 14.5 Å². The van der Waals surface area contributed by atoms with Crippen molar-refractivity contribution in [2.24, 2.45) is 0 Å². The van der Waals surface area contributed by atoms with E-state index in [0.717, 1.165) is 0 Å². The van der Waals surface area contributed by atoms with E-state index in [4.69, 9.17) is 5.73 Å². The number of likely N-dealkylation sites (N-methyl/N-ethyl adjacent to an activating group) is 1. The van der Waals surface area contributed by atoms with E-state index in [1.54, 1.807) is 0 Å². The van der Waals surface area contributed by atoms with E-state index in [-0.39, 0.29) is 0 Å². The number of halogens is 2. The van der Waals surface area contributed by atoms with Crippen LogP contribution in [0, 0.1) is 11.6 Å². The second kappa shape index (κ2) is 5.44. The number of nitrogen functional groups attached to an aromatic ring is 1. The Kier molecular flexibility index (Phi) is 4.19. The summed E-state index contributed by atoms with van der Waals surface area (Å²) in [6.07, 6.45) is 0. The van der Waals surface area contributed by atoms with Crippen LogP contribution >= 0.6 is 0 Å². The van der Waals surface area contributed by atoms with E-state index < -0.39 is 41.4 Å². The zero-order valence-electron chi connectivity index (χ0n) is 9.87. The molecule has 2 N–H and O–H groups in total. The number of benzene rings is 1. The van der Waals surface area contributed by atoms with Crippen molar-refractivity contribution in [1.29, 1.82) is 0 Å². The number of nitrogens with zero attached hydrogens (tertiary/aromatic N) is 1. The van der Waals surface area contributed by atoms with Gasteiger partial charge in [-0.15, -0.1) is 0 Å². The highest BCUT2D eigenvalue weighted by molar-refractivity contribution is 5.91. The minimum atomic E-state index is -1.12. The van der Waals surface area contributed by atoms with Gasteiger partial charge in [-0.1, -0.05) is 0 Å². The molecule has 1 rings (SSSR count). The molecule has 0 bridgehead atoms. The summed E-state index contributed by atoms with van der Waals surface area (Å²) >= 11 is 0. The van der Waals surface area contributed by atoms with E-state index in [9.17, 15) is 18.4 Å². The Hall–Kier alpha value is -2.18. The van der Waals surface area contributed by atoms with E-state index in [1.165, 1.54) is 19.0 Å². The lowest BCUT2D eigenvalue weighted by molar-refractivity contribution is -0.131. The van der Waals surface area contributed by atoms with Crippen LogP contribution in [0.1, 0.15) is 10.4 Å². The van der Waals surface area contributed by atoms with Crippen LogP contribution in [0.3, 0.4) is 0 Å². The third-order valence-corrected chi connectivity index (χ3v) is 2.13. The lowest BCUT2D eigenvalue weighted by atomic mass is 10.2. The smallest absolute Gasteiger partial charge is 0.341 e.